The van der Waals surface area contributed by atoms with Gasteiger partial charge in [-0.2, -0.15) is 0 Å². The third-order valence-corrected chi connectivity index (χ3v) is 6.54. The van der Waals surface area contributed by atoms with Crippen LogP contribution in [0.3, 0.4) is 0 Å². The number of rotatable bonds is 6. The van der Waals surface area contributed by atoms with Crippen molar-refractivity contribution in [2.75, 3.05) is 0 Å². The first-order valence-corrected chi connectivity index (χ1v) is 10.4. The van der Waals surface area contributed by atoms with E-state index in [1.807, 2.05) is 0 Å². The highest BCUT2D eigenvalue weighted by Gasteiger charge is 2.89. The molecule has 0 spiro atoms. The highest BCUT2D eigenvalue weighted by molar-refractivity contribution is 5.92. The Morgan fingerprint density at radius 3 is 1.32 bits per heavy atom. The molecule has 1 saturated carbocycles. The minimum absolute atomic E-state index is 0.532. The number of amides is 1. The number of carboxylic acids is 1. The van der Waals surface area contributed by atoms with Gasteiger partial charge in [-0.3, -0.25) is 4.79 Å². The second-order valence-electron chi connectivity index (χ2n) is 9.68. The lowest BCUT2D eigenvalue weighted by Gasteiger charge is -2.63. The summed E-state index contributed by atoms with van der Waals surface area (Å²) in [6.45, 7) is 1.06. The van der Waals surface area contributed by atoms with Crippen molar-refractivity contribution in [2.24, 2.45) is 5.92 Å². The van der Waals surface area contributed by atoms with Crippen molar-refractivity contribution in [3.05, 3.63) is 5.56 Å². The second kappa shape index (κ2) is 8.84. The summed E-state index contributed by atoms with van der Waals surface area (Å²) in [6, 6.07) is -3.58. The fraction of sp³-hybridized carbons (Fsp3) is 0.579. The number of aromatic hydroxyl groups is 5. The zero-order valence-corrected chi connectivity index (χ0v) is 20.0. The molecule has 228 valence electrons. The van der Waals surface area contributed by atoms with E-state index in [0.29, 0.717) is 13.8 Å². The summed E-state index contributed by atoms with van der Waals surface area (Å²) < 4.78 is 0. The molecule has 1 unspecified atom stereocenters. The summed E-state index contributed by atoms with van der Waals surface area (Å²) in [5, 5.41) is 184. The Hall–Kier alpha value is -3.32. The lowest BCUT2D eigenvalue weighted by molar-refractivity contribution is -0.554. The van der Waals surface area contributed by atoms with Gasteiger partial charge in [0.2, 0.25) is 34.6 Å². The highest BCUT2D eigenvalue weighted by Crippen LogP contribution is 2.57. The minimum Gasteiger partial charge on any atom is -0.504 e. The molecule has 0 saturated heterocycles. The van der Waals surface area contributed by atoms with Gasteiger partial charge < -0.3 is 97.2 Å². The normalized spacial score (nSPS) is 26.1. The maximum Gasteiger partial charge on any atom is 0.332 e. The average molecular weight is 589 g/mol. The lowest BCUT2D eigenvalue weighted by Crippen LogP contribution is -2.94. The van der Waals surface area contributed by atoms with Crippen LogP contribution in [0.25, 0.3) is 0 Å². The Labute approximate surface area is 219 Å². The van der Waals surface area contributed by atoms with Crippen LogP contribution in [0, 0.1) is 5.92 Å². The van der Waals surface area contributed by atoms with E-state index in [4.69, 9.17) is 0 Å². The standard InChI is InChI=1S/C19H27NO20/c1-13(2,29)11-16(33,34)18(37,38)15(32,19(39,40)17(11,35)36)12(28)20-9(10(26)27)14(30,31)3-4(21)6(23)8(25)7(24)5(3)22/h9,11,21-25,29-40H,1-2H3,(H,20,28)(H,26,27). The zero-order valence-electron chi connectivity index (χ0n) is 20.0. The summed E-state index contributed by atoms with van der Waals surface area (Å²) in [5.41, 5.74) is -10.2. The van der Waals surface area contributed by atoms with Gasteiger partial charge in [-0.15, -0.1) is 0 Å². The van der Waals surface area contributed by atoms with Crippen LogP contribution >= 0.6 is 0 Å². The predicted molar refractivity (Wildman–Crippen MR) is 114 cm³/mol. The average Bonchev–Trinajstić information content (AvgIpc) is 2.76. The maximum absolute atomic E-state index is 13.0. The van der Waals surface area contributed by atoms with Gasteiger partial charge in [-0.1, -0.05) is 0 Å². The molecule has 2 rings (SSSR count). The molecule has 40 heavy (non-hydrogen) atoms. The quantitative estimate of drug-likeness (QED) is 0.0831. The number of carbonyl (C=O) groups excluding carboxylic acids is 1. The summed E-state index contributed by atoms with van der Waals surface area (Å²) in [5.74, 6) is -42.4. The van der Waals surface area contributed by atoms with E-state index < -0.39 is 98.3 Å². The SMILES string of the molecule is CC(C)(O)C1C(O)(O)C(O)(O)C(O)(C(=O)NC(C(=O)O)C(O)(O)c2c(O)c(O)c(O)c(O)c2O)C(O)(O)C1(O)O. The van der Waals surface area contributed by atoms with Crippen LogP contribution in [0.5, 0.6) is 28.7 Å². The van der Waals surface area contributed by atoms with E-state index in [-0.39, 0.29) is 0 Å². The smallest absolute Gasteiger partial charge is 0.332 e. The van der Waals surface area contributed by atoms with Gasteiger partial charge in [-0.05, 0) is 13.8 Å². The summed E-state index contributed by atoms with van der Waals surface area (Å²) in [7, 11) is 0. The number of carboxylic acid groups (broad SMARTS) is 1. The first-order chi connectivity index (χ1) is 17.5. The summed E-state index contributed by atoms with van der Waals surface area (Å²) in [4.78, 5) is 24.8. The van der Waals surface area contributed by atoms with Gasteiger partial charge in [-0.25, -0.2) is 4.79 Å². The molecule has 1 amide bonds. The number of benzene rings is 1. The summed E-state index contributed by atoms with van der Waals surface area (Å²) in [6.07, 6.45) is 0. The molecule has 0 aromatic heterocycles. The Balaban J connectivity index is 2.81. The van der Waals surface area contributed by atoms with Crippen molar-refractivity contribution in [1.82, 2.24) is 5.32 Å². The van der Waals surface area contributed by atoms with Gasteiger partial charge >= 0.3 is 5.97 Å². The van der Waals surface area contributed by atoms with Crippen LogP contribution in [0.1, 0.15) is 19.4 Å². The predicted octanol–water partition coefficient (Wildman–Crippen LogP) is -8.22. The molecule has 0 radical (unpaired) electrons. The van der Waals surface area contributed by atoms with Gasteiger partial charge in [0.25, 0.3) is 23.1 Å². The van der Waals surface area contributed by atoms with Crippen molar-refractivity contribution in [2.45, 2.75) is 60.0 Å². The van der Waals surface area contributed by atoms with Crippen molar-refractivity contribution < 1.29 is 102 Å². The molecule has 21 nitrogen and oxygen atoms in total. The molecule has 0 bridgehead atoms. The Morgan fingerprint density at radius 2 is 1.02 bits per heavy atom. The number of aliphatic hydroxyl groups is 12. The van der Waals surface area contributed by atoms with E-state index in [9.17, 15) is 102 Å². The molecule has 1 fully saturated rings. The summed E-state index contributed by atoms with van der Waals surface area (Å²) >= 11 is 0. The number of carbonyl (C=O) groups is 2. The van der Waals surface area contributed by atoms with Gasteiger partial charge in [0.05, 0.1) is 5.60 Å². The number of nitrogens with one attached hydrogen (secondary N) is 1. The van der Waals surface area contributed by atoms with Crippen molar-refractivity contribution in [1.29, 1.82) is 0 Å². The molecule has 21 heteroatoms. The van der Waals surface area contributed by atoms with Crippen LogP contribution in [0.4, 0.5) is 0 Å². The largest absolute Gasteiger partial charge is 0.504 e. The minimum atomic E-state index is -5.23. The van der Waals surface area contributed by atoms with Crippen molar-refractivity contribution >= 4 is 11.9 Å². The molecule has 1 aliphatic rings. The number of hydrogen-bond donors (Lipinski definition) is 19. The van der Waals surface area contributed by atoms with E-state index >= 15 is 0 Å². The molecular formula is C19H27NO20. The van der Waals surface area contributed by atoms with E-state index in [1.54, 1.807) is 0 Å². The van der Waals surface area contributed by atoms with E-state index in [0.717, 1.165) is 5.32 Å². The van der Waals surface area contributed by atoms with Crippen LogP contribution in [-0.4, -0.2) is 144 Å². The molecule has 1 aromatic rings. The third kappa shape index (κ3) is 3.88. The van der Waals surface area contributed by atoms with Gasteiger partial charge in [0.15, 0.2) is 17.5 Å². The fourth-order valence-electron chi connectivity index (χ4n) is 4.51. The van der Waals surface area contributed by atoms with Crippen LogP contribution in [0.2, 0.25) is 0 Å². The second-order valence-corrected chi connectivity index (χ2v) is 9.68. The van der Waals surface area contributed by atoms with Crippen molar-refractivity contribution in [3.8, 4) is 28.7 Å². The van der Waals surface area contributed by atoms with Gasteiger partial charge in [0, 0.05) is 0 Å². The number of phenolic OH excluding ortho intramolecular Hbond substituents is 5. The molecule has 0 heterocycles. The topological polar surface area (TPSA) is 410 Å². The van der Waals surface area contributed by atoms with Crippen LogP contribution < -0.4 is 5.32 Å². The lowest BCUT2D eigenvalue weighted by atomic mass is 9.58. The molecular weight excluding hydrogens is 562 g/mol. The molecule has 1 aliphatic carbocycles. The third-order valence-electron chi connectivity index (χ3n) is 6.54. The zero-order chi connectivity index (χ0) is 32.0. The molecule has 1 atom stereocenters. The maximum atomic E-state index is 13.0. The Kier molecular flexibility index (Phi) is 7.27. The van der Waals surface area contributed by atoms with Crippen molar-refractivity contribution in [3.63, 3.8) is 0 Å². The Bertz CT molecular complexity index is 1170. The number of phenols is 5. The van der Waals surface area contributed by atoms with E-state index in [2.05, 4.69) is 0 Å². The Morgan fingerprint density at radius 1 is 0.700 bits per heavy atom. The molecule has 1 aromatic carbocycles. The molecule has 19 N–H and O–H groups in total. The number of aliphatic carboxylic acids is 1. The molecule has 0 aliphatic heterocycles. The van der Waals surface area contributed by atoms with Gasteiger partial charge in [0.1, 0.15) is 11.5 Å². The first kappa shape index (κ1) is 32.9. The monoisotopic (exact) mass is 589 g/mol. The van der Waals surface area contributed by atoms with E-state index in [1.165, 1.54) is 0 Å². The first-order valence-electron chi connectivity index (χ1n) is 10.4. The van der Waals surface area contributed by atoms with Crippen LogP contribution in [0.15, 0.2) is 0 Å². The van der Waals surface area contributed by atoms with Crippen LogP contribution in [-0.2, 0) is 15.4 Å². The fourth-order valence-corrected chi connectivity index (χ4v) is 4.51. The highest BCUT2D eigenvalue weighted by atomic mass is 16.7. The number of hydrogen-bond acceptors (Lipinski definition) is 19.